The summed E-state index contributed by atoms with van der Waals surface area (Å²) in [5.74, 6) is 1.45. The Kier molecular flexibility index (Phi) is 2.97. The van der Waals surface area contributed by atoms with Crippen LogP contribution in [0, 0.1) is 0 Å². The highest BCUT2D eigenvalue weighted by molar-refractivity contribution is 5.81. The number of para-hydroxylation sites is 1. The summed E-state index contributed by atoms with van der Waals surface area (Å²) in [5.41, 5.74) is 4.46. The third-order valence-electron chi connectivity index (χ3n) is 4.00. The predicted molar refractivity (Wildman–Crippen MR) is 82.0 cm³/mol. The van der Waals surface area contributed by atoms with E-state index in [9.17, 15) is 0 Å². The highest BCUT2D eigenvalue weighted by Crippen LogP contribution is 2.27. The fraction of sp³-hybridized carbons (Fsp3) is 0.294. The summed E-state index contributed by atoms with van der Waals surface area (Å²) in [6.45, 7) is 3.97. The van der Waals surface area contributed by atoms with Crippen LogP contribution < -0.4 is 5.32 Å². The monoisotopic (exact) mass is 279 g/mol. The summed E-state index contributed by atoms with van der Waals surface area (Å²) < 4.78 is 5.90. The average molecular weight is 279 g/mol. The maximum Gasteiger partial charge on any atom is 0.196 e. The van der Waals surface area contributed by atoms with Crippen LogP contribution in [-0.4, -0.2) is 16.5 Å². The SMILES string of the molecule is CCc1nc(-c2cc3ccccc3o2)nc2c1CCNC2. The summed E-state index contributed by atoms with van der Waals surface area (Å²) >= 11 is 0. The molecule has 106 valence electrons. The van der Waals surface area contributed by atoms with Crippen molar-refractivity contribution in [3.8, 4) is 11.6 Å². The molecule has 0 saturated heterocycles. The quantitative estimate of drug-likeness (QED) is 0.783. The Morgan fingerprint density at radius 2 is 2.14 bits per heavy atom. The number of hydrogen-bond acceptors (Lipinski definition) is 4. The molecule has 2 aromatic heterocycles. The van der Waals surface area contributed by atoms with E-state index in [2.05, 4.69) is 12.2 Å². The van der Waals surface area contributed by atoms with E-state index < -0.39 is 0 Å². The molecule has 4 heteroatoms. The molecule has 1 N–H and O–H groups in total. The molecule has 0 atom stereocenters. The van der Waals surface area contributed by atoms with Crippen molar-refractivity contribution in [2.75, 3.05) is 6.54 Å². The number of aromatic nitrogens is 2. The molecule has 0 spiro atoms. The minimum atomic E-state index is 0.700. The third-order valence-corrected chi connectivity index (χ3v) is 4.00. The second-order valence-corrected chi connectivity index (χ2v) is 5.35. The van der Waals surface area contributed by atoms with Crippen LogP contribution in [0.1, 0.15) is 23.9 Å². The molecule has 0 aliphatic carbocycles. The second-order valence-electron chi connectivity index (χ2n) is 5.35. The Morgan fingerprint density at radius 3 is 3.00 bits per heavy atom. The van der Waals surface area contributed by atoms with Gasteiger partial charge in [-0.25, -0.2) is 9.97 Å². The summed E-state index contributed by atoms with van der Waals surface area (Å²) in [7, 11) is 0. The van der Waals surface area contributed by atoms with Crippen molar-refractivity contribution in [1.82, 2.24) is 15.3 Å². The van der Waals surface area contributed by atoms with Gasteiger partial charge in [-0.2, -0.15) is 0 Å². The molecule has 1 aromatic carbocycles. The number of hydrogen-bond donors (Lipinski definition) is 1. The zero-order valence-corrected chi connectivity index (χ0v) is 12.0. The normalized spacial score (nSPS) is 14.3. The van der Waals surface area contributed by atoms with E-state index in [1.807, 2.05) is 30.3 Å². The first-order valence-electron chi connectivity index (χ1n) is 7.43. The molecule has 4 nitrogen and oxygen atoms in total. The number of furan rings is 1. The van der Waals surface area contributed by atoms with Crippen LogP contribution in [0.25, 0.3) is 22.6 Å². The fourth-order valence-electron chi connectivity index (χ4n) is 2.93. The first kappa shape index (κ1) is 12.5. The molecule has 3 heterocycles. The van der Waals surface area contributed by atoms with Gasteiger partial charge in [-0.05, 0) is 37.1 Å². The number of rotatable bonds is 2. The minimum Gasteiger partial charge on any atom is -0.453 e. The highest BCUT2D eigenvalue weighted by atomic mass is 16.3. The van der Waals surface area contributed by atoms with Crippen molar-refractivity contribution in [1.29, 1.82) is 0 Å². The Balaban J connectivity index is 1.87. The molecule has 0 radical (unpaired) electrons. The van der Waals surface area contributed by atoms with Gasteiger partial charge in [0.25, 0.3) is 0 Å². The smallest absolute Gasteiger partial charge is 0.196 e. The number of benzene rings is 1. The van der Waals surface area contributed by atoms with Crippen LogP contribution in [0.2, 0.25) is 0 Å². The van der Waals surface area contributed by atoms with Crippen molar-refractivity contribution in [3.05, 3.63) is 47.3 Å². The molecule has 0 saturated carbocycles. The highest BCUT2D eigenvalue weighted by Gasteiger charge is 2.18. The van der Waals surface area contributed by atoms with Crippen LogP contribution in [0.3, 0.4) is 0 Å². The molecule has 1 aliphatic rings. The van der Waals surface area contributed by atoms with Gasteiger partial charge in [0.15, 0.2) is 11.6 Å². The van der Waals surface area contributed by atoms with Gasteiger partial charge < -0.3 is 9.73 Å². The standard InChI is InChI=1S/C17H17N3O/c1-2-13-12-7-8-18-10-14(12)20-17(19-13)16-9-11-5-3-4-6-15(11)21-16/h3-6,9,18H,2,7-8,10H2,1H3. The maximum absolute atomic E-state index is 5.90. The third kappa shape index (κ3) is 2.12. The van der Waals surface area contributed by atoms with E-state index in [0.29, 0.717) is 5.82 Å². The van der Waals surface area contributed by atoms with Gasteiger partial charge in [0.1, 0.15) is 5.58 Å². The number of nitrogens with one attached hydrogen (secondary N) is 1. The molecular weight excluding hydrogens is 262 g/mol. The molecule has 0 amide bonds. The van der Waals surface area contributed by atoms with Crippen molar-refractivity contribution in [3.63, 3.8) is 0 Å². The molecule has 1 aliphatic heterocycles. The first-order chi connectivity index (χ1) is 10.3. The van der Waals surface area contributed by atoms with Gasteiger partial charge in [0, 0.05) is 17.6 Å². The molecule has 21 heavy (non-hydrogen) atoms. The molecular formula is C17H17N3O. The molecule has 4 rings (SSSR count). The zero-order chi connectivity index (χ0) is 14.2. The molecule has 0 bridgehead atoms. The zero-order valence-electron chi connectivity index (χ0n) is 12.0. The fourth-order valence-corrected chi connectivity index (χ4v) is 2.93. The van der Waals surface area contributed by atoms with E-state index in [1.54, 1.807) is 0 Å². The van der Waals surface area contributed by atoms with E-state index in [-0.39, 0.29) is 0 Å². The number of fused-ring (bicyclic) bond motifs is 2. The Labute approximate surface area is 123 Å². The molecule has 0 unspecified atom stereocenters. The van der Waals surface area contributed by atoms with Gasteiger partial charge in [0.05, 0.1) is 5.69 Å². The Bertz CT molecular complexity index is 757. The lowest BCUT2D eigenvalue weighted by molar-refractivity contribution is 0.602. The largest absolute Gasteiger partial charge is 0.453 e. The van der Waals surface area contributed by atoms with Crippen molar-refractivity contribution >= 4 is 11.0 Å². The Hall–Kier alpha value is -2.20. The summed E-state index contributed by atoms with van der Waals surface area (Å²) in [6, 6.07) is 10.0. The number of aryl methyl sites for hydroxylation is 1. The first-order valence-corrected chi connectivity index (χ1v) is 7.43. The molecule has 0 fully saturated rings. The van der Waals surface area contributed by atoms with E-state index in [4.69, 9.17) is 14.4 Å². The van der Waals surface area contributed by atoms with Gasteiger partial charge >= 0.3 is 0 Å². The lowest BCUT2D eigenvalue weighted by Gasteiger charge is -2.19. The van der Waals surface area contributed by atoms with Crippen molar-refractivity contribution in [2.24, 2.45) is 0 Å². The van der Waals surface area contributed by atoms with Crippen LogP contribution in [0.5, 0.6) is 0 Å². The lowest BCUT2D eigenvalue weighted by Crippen LogP contribution is -2.26. The molecule has 3 aromatic rings. The minimum absolute atomic E-state index is 0.700. The van der Waals surface area contributed by atoms with Crippen LogP contribution >= 0.6 is 0 Å². The van der Waals surface area contributed by atoms with Crippen molar-refractivity contribution < 1.29 is 4.42 Å². The van der Waals surface area contributed by atoms with Gasteiger partial charge in [-0.3, -0.25) is 0 Å². The summed E-state index contributed by atoms with van der Waals surface area (Å²) in [6.07, 6.45) is 1.94. The predicted octanol–water partition coefficient (Wildman–Crippen LogP) is 3.10. The second kappa shape index (κ2) is 4.97. The van der Waals surface area contributed by atoms with Crippen LogP contribution in [-0.2, 0) is 19.4 Å². The van der Waals surface area contributed by atoms with E-state index in [0.717, 1.165) is 54.0 Å². The summed E-state index contributed by atoms with van der Waals surface area (Å²) in [4.78, 5) is 9.46. The topological polar surface area (TPSA) is 51.0 Å². The van der Waals surface area contributed by atoms with Gasteiger partial charge in [-0.1, -0.05) is 25.1 Å². The van der Waals surface area contributed by atoms with Gasteiger partial charge in [0.2, 0.25) is 0 Å². The average Bonchev–Trinajstić information content (AvgIpc) is 2.98. The van der Waals surface area contributed by atoms with Crippen LogP contribution in [0.4, 0.5) is 0 Å². The maximum atomic E-state index is 5.90. The van der Waals surface area contributed by atoms with E-state index >= 15 is 0 Å². The Morgan fingerprint density at radius 1 is 1.24 bits per heavy atom. The number of nitrogens with zero attached hydrogens (tertiary/aromatic N) is 2. The van der Waals surface area contributed by atoms with Gasteiger partial charge in [-0.15, -0.1) is 0 Å². The van der Waals surface area contributed by atoms with E-state index in [1.165, 1.54) is 5.56 Å². The summed E-state index contributed by atoms with van der Waals surface area (Å²) in [5, 5.41) is 4.46. The van der Waals surface area contributed by atoms with Crippen molar-refractivity contribution in [2.45, 2.75) is 26.3 Å². The lowest BCUT2D eigenvalue weighted by atomic mass is 10.0. The van der Waals surface area contributed by atoms with Crippen LogP contribution in [0.15, 0.2) is 34.7 Å².